The predicted molar refractivity (Wildman–Crippen MR) is 77.3 cm³/mol. The van der Waals surface area contributed by atoms with E-state index in [-0.39, 0.29) is 0 Å². The van der Waals surface area contributed by atoms with Crippen molar-refractivity contribution in [3.8, 4) is 17.6 Å². The standard InChI is InChI=1S/C16H14ClNO/c1-13-11-14(3-2-8-17)4-5-16(13)19-12-15-6-9-18-10-7-15/h4-7,9-11H,8,12H2,1H3. The zero-order valence-corrected chi connectivity index (χ0v) is 11.4. The molecule has 2 aromatic rings. The predicted octanol–water partition coefficient (Wildman–Crippen LogP) is 3.56. The first-order chi connectivity index (χ1) is 9.29. The van der Waals surface area contributed by atoms with Crippen LogP contribution in [0.3, 0.4) is 0 Å². The summed E-state index contributed by atoms with van der Waals surface area (Å²) in [6.45, 7) is 2.55. The zero-order chi connectivity index (χ0) is 13.5. The second kappa shape index (κ2) is 6.82. The van der Waals surface area contributed by atoms with Crippen molar-refractivity contribution in [2.45, 2.75) is 13.5 Å². The highest BCUT2D eigenvalue weighted by Gasteiger charge is 2.01. The lowest BCUT2D eigenvalue weighted by Crippen LogP contribution is -1.97. The van der Waals surface area contributed by atoms with E-state index < -0.39 is 0 Å². The number of halogens is 1. The fourth-order valence-corrected chi connectivity index (χ4v) is 1.73. The molecule has 0 unspecified atom stereocenters. The van der Waals surface area contributed by atoms with Crippen LogP contribution >= 0.6 is 11.6 Å². The highest BCUT2D eigenvalue weighted by Crippen LogP contribution is 2.20. The minimum absolute atomic E-state index is 0.347. The molecule has 2 rings (SSSR count). The Morgan fingerprint density at radius 2 is 2.00 bits per heavy atom. The molecule has 0 aliphatic rings. The number of ether oxygens (including phenoxy) is 1. The molecule has 0 spiro atoms. The highest BCUT2D eigenvalue weighted by atomic mass is 35.5. The maximum absolute atomic E-state index is 5.78. The molecular weight excluding hydrogens is 258 g/mol. The van der Waals surface area contributed by atoms with Gasteiger partial charge in [-0.15, -0.1) is 11.6 Å². The van der Waals surface area contributed by atoms with Gasteiger partial charge in [0.2, 0.25) is 0 Å². The number of rotatable bonds is 3. The van der Waals surface area contributed by atoms with Crippen LogP contribution in [0.5, 0.6) is 5.75 Å². The zero-order valence-electron chi connectivity index (χ0n) is 10.7. The molecule has 0 saturated carbocycles. The van der Waals surface area contributed by atoms with E-state index in [1.807, 2.05) is 37.3 Å². The van der Waals surface area contributed by atoms with Crippen LogP contribution in [-0.2, 0) is 6.61 Å². The van der Waals surface area contributed by atoms with Crippen molar-refractivity contribution in [3.05, 3.63) is 59.4 Å². The molecule has 0 atom stereocenters. The average molecular weight is 272 g/mol. The molecule has 1 aromatic carbocycles. The number of aryl methyl sites for hydroxylation is 1. The second-order valence-electron chi connectivity index (χ2n) is 4.06. The van der Waals surface area contributed by atoms with E-state index in [4.69, 9.17) is 16.3 Å². The van der Waals surface area contributed by atoms with Gasteiger partial charge in [0.25, 0.3) is 0 Å². The summed E-state index contributed by atoms with van der Waals surface area (Å²) in [6.07, 6.45) is 3.52. The molecule has 0 fully saturated rings. The van der Waals surface area contributed by atoms with E-state index in [1.54, 1.807) is 12.4 Å². The molecule has 96 valence electrons. The van der Waals surface area contributed by atoms with Gasteiger partial charge >= 0.3 is 0 Å². The van der Waals surface area contributed by atoms with Gasteiger partial charge in [-0.3, -0.25) is 4.98 Å². The molecular formula is C16H14ClNO. The third-order valence-electron chi connectivity index (χ3n) is 2.62. The Kier molecular flexibility index (Phi) is 4.83. The molecule has 0 aliphatic heterocycles. The Labute approximate surface area is 118 Å². The molecule has 0 aliphatic carbocycles. The van der Waals surface area contributed by atoms with Crippen molar-refractivity contribution in [1.82, 2.24) is 4.98 Å². The molecule has 0 bridgehead atoms. The summed E-state index contributed by atoms with van der Waals surface area (Å²) in [5, 5.41) is 0. The number of hydrogen-bond acceptors (Lipinski definition) is 2. The Balaban J connectivity index is 2.05. The van der Waals surface area contributed by atoms with Crippen LogP contribution in [0.2, 0.25) is 0 Å². The molecule has 3 heteroatoms. The minimum atomic E-state index is 0.347. The average Bonchev–Trinajstić information content (AvgIpc) is 2.45. The van der Waals surface area contributed by atoms with E-state index in [1.165, 1.54) is 0 Å². The number of nitrogens with zero attached hydrogens (tertiary/aromatic N) is 1. The SMILES string of the molecule is Cc1cc(C#CCCl)ccc1OCc1ccncc1. The lowest BCUT2D eigenvalue weighted by atomic mass is 10.1. The molecule has 0 amide bonds. The van der Waals surface area contributed by atoms with Crippen LogP contribution in [0.1, 0.15) is 16.7 Å². The third kappa shape index (κ3) is 4.01. The largest absolute Gasteiger partial charge is 0.489 e. The van der Waals surface area contributed by atoms with Crippen LogP contribution in [0.15, 0.2) is 42.7 Å². The quantitative estimate of drug-likeness (QED) is 0.629. The molecule has 0 saturated heterocycles. The number of aromatic nitrogens is 1. The summed E-state index contributed by atoms with van der Waals surface area (Å²) < 4.78 is 5.78. The van der Waals surface area contributed by atoms with Crippen molar-refractivity contribution in [2.24, 2.45) is 0 Å². The first-order valence-electron chi connectivity index (χ1n) is 5.97. The topological polar surface area (TPSA) is 22.1 Å². The lowest BCUT2D eigenvalue weighted by Gasteiger charge is -2.09. The summed E-state index contributed by atoms with van der Waals surface area (Å²) >= 11 is 5.54. The lowest BCUT2D eigenvalue weighted by molar-refractivity contribution is 0.304. The first-order valence-corrected chi connectivity index (χ1v) is 6.50. The number of pyridine rings is 1. The van der Waals surface area contributed by atoms with Crippen LogP contribution in [0.4, 0.5) is 0 Å². The van der Waals surface area contributed by atoms with E-state index in [2.05, 4.69) is 16.8 Å². The highest BCUT2D eigenvalue weighted by molar-refractivity contribution is 6.19. The van der Waals surface area contributed by atoms with Crippen molar-refractivity contribution >= 4 is 11.6 Å². The Morgan fingerprint density at radius 3 is 2.68 bits per heavy atom. The maximum atomic E-state index is 5.78. The molecule has 2 nitrogen and oxygen atoms in total. The number of benzene rings is 1. The Bertz CT molecular complexity index is 599. The summed E-state index contributed by atoms with van der Waals surface area (Å²) in [4.78, 5) is 3.98. The smallest absolute Gasteiger partial charge is 0.122 e. The molecule has 0 N–H and O–H groups in total. The van der Waals surface area contributed by atoms with Crippen molar-refractivity contribution < 1.29 is 4.74 Å². The van der Waals surface area contributed by atoms with Crippen molar-refractivity contribution in [1.29, 1.82) is 0 Å². The van der Waals surface area contributed by atoms with Gasteiger partial charge in [0.15, 0.2) is 0 Å². The molecule has 1 heterocycles. The molecule has 0 radical (unpaired) electrons. The maximum Gasteiger partial charge on any atom is 0.122 e. The first kappa shape index (κ1) is 13.5. The van der Waals surface area contributed by atoms with Gasteiger partial charge in [-0.2, -0.15) is 0 Å². The van der Waals surface area contributed by atoms with E-state index in [0.717, 1.165) is 22.4 Å². The molecule has 1 aromatic heterocycles. The van der Waals surface area contributed by atoms with Gasteiger partial charge in [0.1, 0.15) is 12.4 Å². The van der Waals surface area contributed by atoms with Gasteiger partial charge in [0.05, 0.1) is 5.88 Å². The van der Waals surface area contributed by atoms with Gasteiger partial charge in [-0.05, 0) is 48.4 Å². The normalized spacial score (nSPS) is 9.58. The Morgan fingerprint density at radius 1 is 1.21 bits per heavy atom. The van der Waals surface area contributed by atoms with Crippen LogP contribution in [0.25, 0.3) is 0 Å². The van der Waals surface area contributed by atoms with E-state index in [0.29, 0.717) is 12.5 Å². The van der Waals surface area contributed by atoms with Crippen LogP contribution in [0, 0.1) is 18.8 Å². The fraction of sp³-hybridized carbons (Fsp3) is 0.188. The summed E-state index contributed by atoms with van der Waals surface area (Å²) in [5.74, 6) is 7.04. The third-order valence-corrected chi connectivity index (χ3v) is 2.75. The van der Waals surface area contributed by atoms with Gasteiger partial charge in [0, 0.05) is 18.0 Å². The summed E-state index contributed by atoms with van der Waals surface area (Å²) in [6, 6.07) is 9.76. The summed E-state index contributed by atoms with van der Waals surface area (Å²) in [5.41, 5.74) is 3.12. The minimum Gasteiger partial charge on any atom is -0.489 e. The Hall–Kier alpha value is -1.98. The van der Waals surface area contributed by atoms with E-state index >= 15 is 0 Å². The van der Waals surface area contributed by atoms with Gasteiger partial charge in [-0.25, -0.2) is 0 Å². The number of alkyl halides is 1. The van der Waals surface area contributed by atoms with Crippen molar-refractivity contribution in [2.75, 3.05) is 5.88 Å². The second-order valence-corrected chi connectivity index (χ2v) is 4.33. The van der Waals surface area contributed by atoms with Crippen LogP contribution < -0.4 is 4.74 Å². The molecule has 19 heavy (non-hydrogen) atoms. The van der Waals surface area contributed by atoms with E-state index in [9.17, 15) is 0 Å². The van der Waals surface area contributed by atoms with Crippen molar-refractivity contribution in [3.63, 3.8) is 0 Å². The fourth-order valence-electron chi connectivity index (χ4n) is 1.66. The number of hydrogen-bond donors (Lipinski definition) is 0. The monoisotopic (exact) mass is 271 g/mol. The van der Waals surface area contributed by atoms with Gasteiger partial charge in [-0.1, -0.05) is 11.8 Å². The van der Waals surface area contributed by atoms with Crippen LogP contribution in [-0.4, -0.2) is 10.9 Å². The summed E-state index contributed by atoms with van der Waals surface area (Å²) in [7, 11) is 0. The van der Waals surface area contributed by atoms with Gasteiger partial charge < -0.3 is 4.74 Å².